The topological polar surface area (TPSA) is 55.8 Å². The molecule has 1 rings (SSSR count). The first-order chi connectivity index (χ1) is 8.63. The highest BCUT2D eigenvalue weighted by atomic mass is 16.5. The molecule has 1 aromatic carbocycles. The van der Waals surface area contributed by atoms with Crippen LogP contribution in [0.25, 0.3) is 0 Å². The Kier molecular flexibility index (Phi) is 5.17. The molecule has 1 aromatic rings. The van der Waals surface area contributed by atoms with E-state index in [0.717, 1.165) is 0 Å². The van der Waals surface area contributed by atoms with Crippen LogP contribution in [0.15, 0.2) is 18.2 Å². The molecule has 0 N–H and O–H groups in total. The minimum atomic E-state index is -0.153. The van der Waals surface area contributed by atoms with Crippen LogP contribution in [0, 0.1) is 0 Å². The predicted octanol–water partition coefficient (Wildman–Crippen LogP) is 1.36. The molecule has 0 aliphatic heterocycles. The van der Waals surface area contributed by atoms with E-state index in [4.69, 9.17) is 9.47 Å². The molecular formula is C13H17NO4. The molecule has 5 heteroatoms. The lowest BCUT2D eigenvalue weighted by Gasteiger charge is -2.16. The van der Waals surface area contributed by atoms with Crippen LogP contribution in [-0.2, 0) is 4.79 Å². The third-order valence-corrected chi connectivity index (χ3v) is 2.60. The summed E-state index contributed by atoms with van der Waals surface area (Å²) in [4.78, 5) is 24.1. The van der Waals surface area contributed by atoms with Gasteiger partial charge in [0, 0.05) is 13.6 Å². The standard InChI is InChI=1S/C13H17NO4/c1-4-14(2)12(16)9-18-13-10(8-15)6-5-7-11(13)17-3/h5-8H,4,9H2,1-3H3. The maximum absolute atomic E-state index is 11.6. The number of carbonyl (C=O) groups is 2. The maximum atomic E-state index is 11.6. The first-order valence-corrected chi connectivity index (χ1v) is 5.63. The molecule has 0 aliphatic rings. The SMILES string of the molecule is CCN(C)C(=O)COc1c(C=O)cccc1OC. The van der Waals surface area contributed by atoms with Gasteiger partial charge >= 0.3 is 0 Å². The van der Waals surface area contributed by atoms with Crippen molar-refractivity contribution < 1.29 is 19.1 Å². The monoisotopic (exact) mass is 251 g/mol. The highest BCUT2D eigenvalue weighted by Gasteiger charge is 2.13. The fourth-order valence-electron chi connectivity index (χ4n) is 1.36. The number of aldehydes is 1. The third-order valence-electron chi connectivity index (χ3n) is 2.60. The molecule has 0 fully saturated rings. The summed E-state index contributed by atoms with van der Waals surface area (Å²) >= 11 is 0. The minimum Gasteiger partial charge on any atom is -0.493 e. The maximum Gasteiger partial charge on any atom is 0.260 e. The molecule has 98 valence electrons. The van der Waals surface area contributed by atoms with Gasteiger partial charge in [-0.25, -0.2) is 0 Å². The van der Waals surface area contributed by atoms with Gasteiger partial charge in [0.25, 0.3) is 5.91 Å². The first-order valence-electron chi connectivity index (χ1n) is 5.63. The van der Waals surface area contributed by atoms with Gasteiger partial charge in [-0.3, -0.25) is 9.59 Å². The molecule has 0 unspecified atom stereocenters. The molecule has 1 amide bonds. The summed E-state index contributed by atoms with van der Waals surface area (Å²) in [7, 11) is 3.17. The molecular weight excluding hydrogens is 234 g/mol. The van der Waals surface area contributed by atoms with Gasteiger partial charge in [-0.1, -0.05) is 6.07 Å². The van der Waals surface area contributed by atoms with Crippen molar-refractivity contribution in [3.05, 3.63) is 23.8 Å². The van der Waals surface area contributed by atoms with Crippen LogP contribution < -0.4 is 9.47 Å². The van der Waals surface area contributed by atoms with Gasteiger partial charge in [0.15, 0.2) is 24.4 Å². The molecule has 5 nitrogen and oxygen atoms in total. The Morgan fingerprint density at radius 1 is 1.44 bits per heavy atom. The molecule has 0 aromatic heterocycles. The average molecular weight is 251 g/mol. The third kappa shape index (κ3) is 3.23. The van der Waals surface area contributed by atoms with Crippen molar-refractivity contribution in [2.45, 2.75) is 6.92 Å². The second-order valence-corrected chi connectivity index (χ2v) is 3.69. The number of likely N-dealkylation sites (N-methyl/N-ethyl adjacent to an activating group) is 1. The van der Waals surface area contributed by atoms with E-state index >= 15 is 0 Å². The largest absolute Gasteiger partial charge is 0.493 e. The predicted molar refractivity (Wildman–Crippen MR) is 67.2 cm³/mol. The lowest BCUT2D eigenvalue weighted by atomic mass is 10.2. The van der Waals surface area contributed by atoms with Crippen molar-refractivity contribution >= 4 is 12.2 Å². The van der Waals surface area contributed by atoms with Crippen LogP contribution in [0.1, 0.15) is 17.3 Å². The summed E-state index contributed by atoms with van der Waals surface area (Å²) in [6, 6.07) is 4.98. The van der Waals surface area contributed by atoms with Gasteiger partial charge in [-0.15, -0.1) is 0 Å². The van der Waals surface area contributed by atoms with Gasteiger partial charge in [0.2, 0.25) is 0 Å². The molecule has 18 heavy (non-hydrogen) atoms. The summed E-state index contributed by atoms with van der Waals surface area (Å²) in [6.07, 6.45) is 0.672. The second kappa shape index (κ2) is 6.64. The van der Waals surface area contributed by atoms with Crippen LogP contribution in [0.5, 0.6) is 11.5 Å². The number of hydrogen-bond donors (Lipinski definition) is 0. The highest BCUT2D eigenvalue weighted by molar-refractivity contribution is 5.82. The molecule has 0 atom stereocenters. The van der Waals surface area contributed by atoms with Crippen molar-refractivity contribution in [1.82, 2.24) is 4.90 Å². The van der Waals surface area contributed by atoms with Gasteiger partial charge in [0.1, 0.15) is 0 Å². The minimum absolute atomic E-state index is 0.119. The molecule has 0 radical (unpaired) electrons. The van der Waals surface area contributed by atoms with Crippen molar-refractivity contribution in [3.8, 4) is 11.5 Å². The Bertz CT molecular complexity index is 431. The van der Waals surface area contributed by atoms with Gasteiger partial charge in [0.05, 0.1) is 12.7 Å². The number of amides is 1. The molecule has 0 saturated heterocycles. The highest BCUT2D eigenvalue weighted by Crippen LogP contribution is 2.29. The zero-order valence-electron chi connectivity index (χ0n) is 10.8. The number of hydrogen-bond acceptors (Lipinski definition) is 4. The number of rotatable bonds is 6. The van der Waals surface area contributed by atoms with Crippen molar-refractivity contribution in [2.75, 3.05) is 27.3 Å². The number of nitrogens with zero attached hydrogens (tertiary/aromatic N) is 1. The van der Waals surface area contributed by atoms with E-state index in [0.29, 0.717) is 29.9 Å². The number of benzene rings is 1. The van der Waals surface area contributed by atoms with E-state index in [2.05, 4.69) is 0 Å². The fourth-order valence-corrected chi connectivity index (χ4v) is 1.36. The summed E-state index contributed by atoms with van der Waals surface area (Å²) in [6.45, 7) is 2.36. The molecule has 0 bridgehead atoms. The smallest absolute Gasteiger partial charge is 0.260 e. The Morgan fingerprint density at radius 2 is 2.17 bits per heavy atom. The van der Waals surface area contributed by atoms with E-state index < -0.39 is 0 Å². The molecule has 0 aliphatic carbocycles. The van der Waals surface area contributed by atoms with Gasteiger partial charge in [-0.2, -0.15) is 0 Å². The van der Waals surface area contributed by atoms with Crippen LogP contribution in [-0.4, -0.2) is 44.4 Å². The number of methoxy groups -OCH3 is 1. The first kappa shape index (κ1) is 14.0. The lowest BCUT2D eigenvalue weighted by Crippen LogP contribution is -2.31. The lowest BCUT2D eigenvalue weighted by molar-refractivity contribution is -0.131. The Labute approximate surface area is 106 Å². The number of carbonyl (C=O) groups excluding carboxylic acids is 2. The Hall–Kier alpha value is -2.04. The number of ether oxygens (including phenoxy) is 2. The summed E-state index contributed by atoms with van der Waals surface area (Å²) in [5.41, 5.74) is 0.362. The fraction of sp³-hybridized carbons (Fsp3) is 0.385. The number of para-hydroxylation sites is 1. The molecule has 0 heterocycles. The quantitative estimate of drug-likeness (QED) is 0.716. The van der Waals surface area contributed by atoms with Crippen molar-refractivity contribution in [3.63, 3.8) is 0 Å². The van der Waals surface area contributed by atoms with Gasteiger partial charge < -0.3 is 14.4 Å². The summed E-state index contributed by atoms with van der Waals surface area (Å²) in [5, 5.41) is 0. The average Bonchev–Trinajstić information content (AvgIpc) is 2.43. The van der Waals surface area contributed by atoms with Crippen molar-refractivity contribution in [2.24, 2.45) is 0 Å². The van der Waals surface area contributed by atoms with E-state index in [1.807, 2.05) is 6.92 Å². The summed E-state index contributed by atoms with van der Waals surface area (Å²) in [5.74, 6) is 0.583. The van der Waals surface area contributed by atoms with E-state index in [9.17, 15) is 9.59 Å². The van der Waals surface area contributed by atoms with E-state index in [1.165, 1.54) is 12.0 Å². The zero-order chi connectivity index (χ0) is 13.5. The Morgan fingerprint density at radius 3 is 2.72 bits per heavy atom. The second-order valence-electron chi connectivity index (χ2n) is 3.69. The molecule has 0 spiro atoms. The molecule has 0 saturated carbocycles. The van der Waals surface area contributed by atoms with Gasteiger partial charge in [-0.05, 0) is 19.1 Å². The zero-order valence-corrected chi connectivity index (χ0v) is 10.8. The van der Waals surface area contributed by atoms with Crippen LogP contribution in [0.3, 0.4) is 0 Å². The Balaban J connectivity index is 2.83. The van der Waals surface area contributed by atoms with E-state index in [-0.39, 0.29) is 12.5 Å². The van der Waals surface area contributed by atoms with Crippen LogP contribution in [0.2, 0.25) is 0 Å². The van der Waals surface area contributed by atoms with Crippen molar-refractivity contribution in [1.29, 1.82) is 0 Å². The van der Waals surface area contributed by atoms with E-state index in [1.54, 1.807) is 25.2 Å². The summed E-state index contributed by atoms with van der Waals surface area (Å²) < 4.78 is 10.5. The van der Waals surface area contributed by atoms with Crippen LogP contribution >= 0.6 is 0 Å². The van der Waals surface area contributed by atoms with Crippen LogP contribution in [0.4, 0.5) is 0 Å². The normalized spacial score (nSPS) is 9.72.